The minimum Gasteiger partial charge on any atom is -0.481 e. The Morgan fingerprint density at radius 2 is 0.968 bits per heavy atom. The van der Waals surface area contributed by atoms with Crippen molar-refractivity contribution in [2.75, 3.05) is 45.3 Å². The van der Waals surface area contributed by atoms with E-state index in [2.05, 4.69) is 41.2 Å². The molecule has 0 saturated carbocycles. The zero-order chi connectivity index (χ0) is 45.7. The van der Waals surface area contributed by atoms with Gasteiger partial charge in [0.25, 0.3) is 5.97 Å². The molecule has 0 atom stereocenters. The van der Waals surface area contributed by atoms with Gasteiger partial charge in [0, 0.05) is 51.6 Å². The molecule has 4 aromatic carbocycles. The highest BCUT2D eigenvalue weighted by atomic mass is 35.5. The van der Waals surface area contributed by atoms with Crippen LogP contribution in [0.1, 0.15) is 20.8 Å². The molecule has 0 aliphatic rings. The molecule has 0 radical (unpaired) electrons. The quantitative estimate of drug-likeness (QED) is 0.0640. The van der Waals surface area contributed by atoms with E-state index in [9.17, 15) is 25.3 Å². The largest absolute Gasteiger partial charge is 0.481 e. The maximum atomic E-state index is 12.2. The van der Waals surface area contributed by atoms with Crippen molar-refractivity contribution < 1.29 is 35.2 Å². The van der Waals surface area contributed by atoms with Gasteiger partial charge in [-0.2, -0.15) is 0 Å². The van der Waals surface area contributed by atoms with E-state index in [0.29, 0.717) is 33.2 Å². The molecule has 0 aliphatic heterocycles. The van der Waals surface area contributed by atoms with Crippen LogP contribution >= 0.6 is 35.0 Å². The number of carboxylic acids is 1. The molecule has 0 amide bonds. The highest BCUT2D eigenvalue weighted by molar-refractivity contribution is 7.98. The molecule has 2 heterocycles. The van der Waals surface area contributed by atoms with E-state index < -0.39 is 35.5 Å². The molecule has 16 nitrogen and oxygen atoms in total. The Morgan fingerprint density at radius 3 is 1.35 bits per heavy atom. The monoisotopic (exact) mass is 960 g/mol. The van der Waals surface area contributed by atoms with Crippen LogP contribution in [0.25, 0.3) is 0 Å². The molecule has 0 aliphatic carbocycles. The maximum absolute atomic E-state index is 12.2. The SMILES string of the molecule is CC(=O)O.CCS(=O)(=O)c1ccc(S(C)(=O)=O)c(Nc2cc(Nc3ccc(Cl)cc3)ncn2)c1.CCS(=O)(=O)c1ccc(SC)c(Nc2cc(Nc3ccc(Cl)cc3)ncn2)c1. The van der Waals surface area contributed by atoms with Gasteiger partial charge in [-0.15, -0.1) is 11.8 Å². The van der Waals surface area contributed by atoms with Gasteiger partial charge in [0.1, 0.15) is 35.9 Å². The van der Waals surface area contributed by atoms with Crippen LogP contribution in [0.2, 0.25) is 10.0 Å². The Bertz CT molecular complexity index is 2840. The Labute approximate surface area is 374 Å². The van der Waals surface area contributed by atoms with Crippen LogP contribution < -0.4 is 21.3 Å². The third-order valence-electron chi connectivity index (χ3n) is 8.09. The van der Waals surface area contributed by atoms with E-state index in [1.54, 1.807) is 73.7 Å². The maximum Gasteiger partial charge on any atom is 0.300 e. The lowest BCUT2D eigenvalue weighted by molar-refractivity contribution is -0.134. The number of hydrogen-bond acceptors (Lipinski definition) is 16. The number of carbonyl (C=O) groups is 1. The first-order chi connectivity index (χ1) is 29.2. The number of nitrogens with zero attached hydrogens (tertiary/aromatic N) is 4. The number of thioether (sulfide) groups is 1. The average Bonchev–Trinajstić information content (AvgIpc) is 3.22. The number of aliphatic carboxylic acids is 1. The van der Waals surface area contributed by atoms with Crippen molar-refractivity contribution >= 4 is 116 Å². The van der Waals surface area contributed by atoms with Gasteiger partial charge in [0.05, 0.1) is 37.6 Å². The second kappa shape index (κ2) is 22.0. The molecule has 2 aromatic heterocycles. The first kappa shape index (κ1) is 49.1. The Balaban J connectivity index is 0.000000251. The Morgan fingerprint density at radius 1 is 0.597 bits per heavy atom. The Kier molecular flexibility index (Phi) is 17.5. The van der Waals surface area contributed by atoms with Gasteiger partial charge in [-0.1, -0.05) is 37.0 Å². The number of hydrogen-bond donors (Lipinski definition) is 5. The molecule has 5 N–H and O–H groups in total. The molecular formula is C40H42Cl2N8O8S4. The van der Waals surface area contributed by atoms with Crippen molar-refractivity contribution in [1.29, 1.82) is 0 Å². The number of nitrogens with one attached hydrogen (secondary N) is 4. The summed E-state index contributed by atoms with van der Waals surface area (Å²) in [6.07, 6.45) is 5.72. The summed E-state index contributed by atoms with van der Waals surface area (Å²) in [4.78, 5) is 26.9. The number of sulfone groups is 3. The predicted molar refractivity (Wildman–Crippen MR) is 247 cm³/mol. The topological polar surface area (TPSA) is 239 Å². The standard InChI is InChI=1S/C19H19ClN4O4S2.C19H19ClN4O2S2.C2H4O2/c1-3-30(27,28)15-8-9-17(29(2,25)26)16(10-15)24-19-11-18(21-12-22-19)23-14-6-4-13(20)5-7-14;1-3-28(25,26)15-8-9-17(27-2)16(10-15)24-19-11-18(21-12-22-19)23-14-6-4-13(20)5-7-14;1-2(3)4/h4-12H,3H2,1-2H3,(H2,21,22,23,24);4-12H,3H2,1-2H3,(H2,21,22,23,24);1H3,(H,3,4). The third kappa shape index (κ3) is 14.8. The molecule has 0 spiro atoms. The molecule has 62 heavy (non-hydrogen) atoms. The van der Waals surface area contributed by atoms with Gasteiger partial charge in [0.2, 0.25) is 0 Å². The van der Waals surface area contributed by atoms with Crippen molar-refractivity contribution in [3.05, 3.63) is 120 Å². The lowest BCUT2D eigenvalue weighted by Crippen LogP contribution is -2.08. The molecule has 0 unspecified atom stereocenters. The zero-order valence-electron chi connectivity index (χ0n) is 33.8. The summed E-state index contributed by atoms with van der Waals surface area (Å²) in [6.45, 7) is 4.23. The number of halogens is 2. The van der Waals surface area contributed by atoms with Crippen LogP contribution in [0, 0.1) is 0 Å². The molecule has 0 saturated heterocycles. The molecule has 6 aromatic rings. The van der Waals surface area contributed by atoms with Gasteiger partial charge < -0.3 is 26.4 Å². The molecule has 0 fully saturated rings. The van der Waals surface area contributed by atoms with Crippen LogP contribution in [0.15, 0.2) is 129 Å². The summed E-state index contributed by atoms with van der Waals surface area (Å²) in [6, 6.07) is 26.5. The fraction of sp³-hybridized carbons (Fsp3) is 0.175. The van der Waals surface area contributed by atoms with Crippen LogP contribution in [-0.4, -0.2) is 80.3 Å². The lowest BCUT2D eigenvalue weighted by Gasteiger charge is -2.13. The van der Waals surface area contributed by atoms with Crippen molar-refractivity contribution in [3.63, 3.8) is 0 Å². The summed E-state index contributed by atoms with van der Waals surface area (Å²) in [5.41, 5.74) is 2.38. The van der Waals surface area contributed by atoms with Gasteiger partial charge in [-0.25, -0.2) is 45.2 Å². The van der Waals surface area contributed by atoms with Crippen molar-refractivity contribution in [2.45, 2.75) is 40.4 Å². The van der Waals surface area contributed by atoms with Gasteiger partial charge in [0.15, 0.2) is 29.5 Å². The van der Waals surface area contributed by atoms with Crippen molar-refractivity contribution in [2.24, 2.45) is 0 Å². The first-order valence-electron chi connectivity index (χ1n) is 18.1. The number of benzene rings is 4. The fourth-order valence-corrected chi connectivity index (χ4v) is 8.48. The second-order valence-corrected chi connectivity index (χ2v) is 21.0. The van der Waals surface area contributed by atoms with E-state index in [1.165, 1.54) is 49.5 Å². The number of anilines is 8. The lowest BCUT2D eigenvalue weighted by atomic mass is 10.3. The Hall–Kier alpha value is -5.51. The minimum atomic E-state index is -3.61. The fourth-order valence-electron chi connectivity index (χ4n) is 5.06. The van der Waals surface area contributed by atoms with Gasteiger partial charge in [-0.3, -0.25) is 4.79 Å². The molecule has 328 valence electrons. The van der Waals surface area contributed by atoms with E-state index in [4.69, 9.17) is 33.1 Å². The zero-order valence-corrected chi connectivity index (χ0v) is 38.6. The highest BCUT2D eigenvalue weighted by Gasteiger charge is 2.20. The van der Waals surface area contributed by atoms with Gasteiger partial charge in [-0.05, 0) is 91.2 Å². The summed E-state index contributed by atoms with van der Waals surface area (Å²) < 4.78 is 73.2. The van der Waals surface area contributed by atoms with E-state index >= 15 is 0 Å². The van der Waals surface area contributed by atoms with E-state index in [0.717, 1.165) is 29.4 Å². The number of carboxylic acid groups (broad SMARTS) is 1. The summed E-state index contributed by atoms with van der Waals surface area (Å²) >= 11 is 13.3. The van der Waals surface area contributed by atoms with Crippen LogP contribution in [0.4, 0.5) is 46.0 Å². The first-order valence-corrected chi connectivity index (χ1v) is 25.3. The third-order valence-corrected chi connectivity index (χ3v) is 14.0. The van der Waals surface area contributed by atoms with Crippen LogP contribution in [0.3, 0.4) is 0 Å². The minimum absolute atomic E-state index is 0.0217. The van der Waals surface area contributed by atoms with Crippen molar-refractivity contribution in [3.8, 4) is 0 Å². The van der Waals surface area contributed by atoms with Gasteiger partial charge >= 0.3 is 0 Å². The molecule has 6 rings (SSSR count). The molecule has 22 heteroatoms. The van der Waals surface area contributed by atoms with E-state index in [1.807, 2.05) is 18.4 Å². The smallest absolute Gasteiger partial charge is 0.300 e. The highest BCUT2D eigenvalue weighted by Crippen LogP contribution is 2.32. The summed E-state index contributed by atoms with van der Waals surface area (Å²) in [5, 5.41) is 21.0. The summed E-state index contributed by atoms with van der Waals surface area (Å²) in [7, 11) is -10.4. The normalized spacial score (nSPS) is 11.2. The van der Waals surface area contributed by atoms with Crippen LogP contribution in [0.5, 0.6) is 0 Å². The predicted octanol–water partition coefficient (Wildman–Crippen LogP) is 9.04. The number of rotatable bonds is 14. The molecule has 0 bridgehead atoms. The molecular weight excluding hydrogens is 920 g/mol. The summed E-state index contributed by atoms with van der Waals surface area (Å²) in [5.74, 6) is 1.00. The van der Waals surface area contributed by atoms with E-state index in [-0.39, 0.29) is 37.7 Å². The average molecular weight is 962 g/mol. The second-order valence-electron chi connectivity index (χ2n) is 12.7. The van der Waals surface area contributed by atoms with Crippen molar-refractivity contribution in [1.82, 2.24) is 19.9 Å². The number of aromatic nitrogens is 4. The van der Waals surface area contributed by atoms with Crippen LogP contribution in [-0.2, 0) is 34.3 Å².